The second-order valence-electron chi connectivity index (χ2n) is 4.74. The third-order valence-electron chi connectivity index (χ3n) is 3.30. The molecule has 1 unspecified atom stereocenters. The van der Waals surface area contributed by atoms with E-state index in [1.807, 2.05) is 0 Å². The molecule has 1 aromatic rings. The average Bonchev–Trinajstić information content (AvgIpc) is 3.00. The van der Waals surface area contributed by atoms with Gasteiger partial charge in [0, 0.05) is 26.6 Å². The summed E-state index contributed by atoms with van der Waals surface area (Å²) in [5, 5.41) is 8.82. The molecule has 1 saturated heterocycles. The first-order valence-electron chi connectivity index (χ1n) is 6.28. The molecule has 2 heterocycles. The number of furan rings is 1. The van der Waals surface area contributed by atoms with Crippen molar-refractivity contribution >= 4 is 11.8 Å². The molecular weight excluding hydrogens is 248 g/mol. The van der Waals surface area contributed by atoms with Gasteiger partial charge in [0.2, 0.25) is 11.8 Å². The SMILES string of the molecule is CN(CCO)C(=O)C1CC(=O)N(Cc2ccco2)C1. The quantitative estimate of drug-likeness (QED) is 0.819. The van der Waals surface area contributed by atoms with Crippen LogP contribution in [-0.4, -0.2) is 53.5 Å². The highest BCUT2D eigenvalue weighted by Crippen LogP contribution is 2.21. The maximum absolute atomic E-state index is 12.0. The highest BCUT2D eigenvalue weighted by atomic mass is 16.3. The molecule has 2 amide bonds. The molecule has 1 aliphatic heterocycles. The number of nitrogens with zero attached hydrogens (tertiary/aromatic N) is 2. The molecule has 1 aromatic heterocycles. The van der Waals surface area contributed by atoms with E-state index in [2.05, 4.69) is 0 Å². The highest BCUT2D eigenvalue weighted by Gasteiger charge is 2.35. The maximum Gasteiger partial charge on any atom is 0.227 e. The fourth-order valence-electron chi connectivity index (χ4n) is 2.25. The Labute approximate surface area is 111 Å². The molecule has 2 rings (SSSR count). The zero-order valence-electron chi connectivity index (χ0n) is 10.9. The van der Waals surface area contributed by atoms with Crippen molar-refractivity contribution in [2.75, 3.05) is 26.7 Å². The Morgan fingerprint density at radius 1 is 1.63 bits per heavy atom. The molecule has 1 fully saturated rings. The van der Waals surface area contributed by atoms with Gasteiger partial charge < -0.3 is 19.3 Å². The zero-order valence-corrected chi connectivity index (χ0v) is 10.9. The first-order valence-corrected chi connectivity index (χ1v) is 6.28. The minimum absolute atomic E-state index is 0.0350. The molecule has 6 nitrogen and oxygen atoms in total. The Morgan fingerprint density at radius 3 is 3.05 bits per heavy atom. The Balaban J connectivity index is 1.93. The lowest BCUT2D eigenvalue weighted by molar-refractivity contribution is -0.135. The Kier molecular flexibility index (Phi) is 4.21. The third-order valence-corrected chi connectivity index (χ3v) is 3.30. The van der Waals surface area contributed by atoms with Gasteiger partial charge in [0.1, 0.15) is 5.76 Å². The van der Waals surface area contributed by atoms with Crippen molar-refractivity contribution in [3.05, 3.63) is 24.2 Å². The lowest BCUT2D eigenvalue weighted by Gasteiger charge is -2.20. The molecule has 0 saturated carbocycles. The topological polar surface area (TPSA) is 74.0 Å². The average molecular weight is 266 g/mol. The lowest BCUT2D eigenvalue weighted by Crippen LogP contribution is -2.36. The summed E-state index contributed by atoms with van der Waals surface area (Å²) in [7, 11) is 1.64. The van der Waals surface area contributed by atoms with Crippen LogP contribution in [0.3, 0.4) is 0 Å². The molecular formula is C13H18N2O4. The largest absolute Gasteiger partial charge is 0.467 e. The van der Waals surface area contributed by atoms with Gasteiger partial charge in [-0.1, -0.05) is 0 Å². The van der Waals surface area contributed by atoms with Crippen molar-refractivity contribution in [3.63, 3.8) is 0 Å². The standard InChI is InChI=1S/C13H18N2O4/c1-14(4-5-16)13(18)10-7-12(17)15(8-10)9-11-3-2-6-19-11/h2-3,6,10,16H,4-5,7-9H2,1H3. The Bertz CT molecular complexity index is 444. The van der Waals surface area contributed by atoms with E-state index < -0.39 is 0 Å². The summed E-state index contributed by atoms with van der Waals surface area (Å²) in [6.45, 7) is 1.04. The van der Waals surface area contributed by atoms with Crippen molar-refractivity contribution in [2.45, 2.75) is 13.0 Å². The van der Waals surface area contributed by atoms with E-state index in [-0.39, 0.29) is 30.8 Å². The molecule has 1 N–H and O–H groups in total. The molecule has 1 atom stereocenters. The van der Waals surface area contributed by atoms with Crippen LogP contribution in [0, 0.1) is 5.92 Å². The number of aliphatic hydroxyl groups is 1. The van der Waals surface area contributed by atoms with Gasteiger partial charge in [-0.2, -0.15) is 0 Å². The van der Waals surface area contributed by atoms with Crippen molar-refractivity contribution in [1.82, 2.24) is 9.80 Å². The predicted molar refractivity (Wildman–Crippen MR) is 67.0 cm³/mol. The number of amides is 2. The first-order chi connectivity index (χ1) is 9.11. The van der Waals surface area contributed by atoms with Gasteiger partial charge in [0.25, 0.3) is 0 Å². The van der Waals surface area contributed by atoms with Crippen molar-refractivity contribution < 1.29 is 19.1 Å². The summed E-state index contributed by atoms with van der Waals surface area (Å²) >= 11 is 0. The summed E-state index contributed by atoms with van der Waals surface area (Å²) in [6.07, 6.45) is 1.79. The van der Waals surface area contributed by atoms with Gasteiger partial charge in [-0.15, -0.1) is 0 Å². The second-order valence-corrected chi connectivity index (χ2v) is 4.74. The minimum Gasteiger partial charge on any atom is -0.467 e. The molecule has 6 heteroatoms. The Hall–Kier alpha value is -1.82. The second kappa shape index (κ2) is 5.88. The van der Waals surface area contributed by atoms with Crippen LogP contribution in [0.5, 0.6) is 0 Å². The van der Waals surface area contributed by atoms with Crippen LogP contribution in [0.25, 0.3) is 0 Å². The number of rotatable bonds is 5. The summed E-state index contributed by atoms with van der Waals surface area (Å²) in [6, 6.07) is 3.58. The molecule has 0 radical (unpaired) electrons. The van der Waals surface area contributed by atoms with Crippen LogP contribution in [0.4, 0.5) is 0 Å². The number of carbonyl (C=O) groups excluding carboxylic acids is 2. The monoisotopic (exact) mass is 266 g/mol. The smallest absolute Gasteiger partial charge is 0.227 e. The normalized spacial score (nSPS) is 18.9. The number of likely N-dealkylation sites (N-methyl/N-ethyl adjacent to an activating group) is 1. The van der Waals surface area contributed by atoms with Gasteiger partial charge in [-0.3, -0.25) is 9.59 Å². The van der Waals surface area contributed by atoms with Gasteiger partial charge in [0.05, 0.1) is 25.3 Å². The summed E-state index contributed by atoms with van der Waals surface area (Å²) in [5.41, 5.74) is 0. The molecule has 0 bridgehead atoms. The zero-order chi connectivity index (χ0) is 13.8. The lowest BCUT2D eigenvalue weighted by atomic mass is 10.1. The van der Waals surface area contributed by atoms with Crippen LogP contribution in [0.15, 0.2) is 22.8 Å². The molecule has 104 valence electrons. The van der Waals surface area contributed by atoms with Crippen LogP contribution in [0.2, 0.25) is 0 Å². The van der Waals surface area contributed by atoms with E-state index in [1.54, 1.807) is 30.3 Å². The van der Waals surface area contributed by atoms with Crippen LogP contribution < -0.4 is 0 Å². The summed E-state index contributed by atoms with van der Waals surface area (Å²) in [5.74, 6) is 0.265. The third kappa shape index (κ3) is 3.14. The number of hydrogen-bond donors (Lipinski definition) is 1. The van der Waals surface area contributed by atoms with Crippen LogP contribution in [-0.2, 0) is 16.1 Å². The summed E-state index contributed by atoms with van der Waals surface area (Å²) in [4.78, 5) is 27.0. The van der Waals surface area contributed by atoms with E-state index >= 15 is 0 Å². The first kappa shape index (κ1) is 13.6. The molecule has 0 spiro atoms. The predicted octanol–water partition coefficient (Wildman–Crippen LogP) is 0.0788. The van der Waals surface area contributed by atoms with Gasteiger partial charge in [0.15, 0.2) is 0 Å². The fraction of sp³-hybridized carbons (Fsp3) is 0.538. The molecule has 19 heavy (non-hydrogen) atoms. The van der Waals surface area contributed by atoms with Gasteiger partial charge >= 0.3 is 0 Å². The summed E-state index contributed by atoms with van der Waals surface area (Å²) < 4.78 is 5.20. The van der Waals surface area contributed by atoms with E-state index in [0.29, 0.717) is 25.4 Å². The van der Waals surface area contributed by atoms with Crippen molar-refractivity contribution in [3.8, 4) is 0 Å². The van der Waals surface area contributed by atoms with E-state index in [9.17, 15) is 9.59 Å². The number of carbonyl (C=O) groups is 2. The van der Waals surface area contributed by atoms with Crippen molar-refractivity contribution in [2.24, 2.45) is 5.92 Å². The number of hydrogen-bond acceptors (Lipinski definition) is 4. The molecule has 0 aliphatic carbocycles. The van der Waals surface area contributed by atoms with Crippen molar-refractivity contribution in [1.29, 1.82) is 0 Å². The van der Waals surface area contributed by atoms with E-state index in [0.717, 1.165) is 0 Å². The van der Waals surface area contributed by atoms with Crippen LogP contribution in [0.1, 0.15) is 12.2 Å². The van der Waals surface area contributed by atoms with Crippen LogP contribution >= 0.6 is 0 Å². The van der Waals surface area contributed by atoms with Gasteiger partial charge in [-0.25, -0.2) is 0 Å². The van der Waals surface area contributed by atoms with Gasteiger partial charge in [-0.05, 0) is 12.1 Å². The number of aliphatic hydroxyl groups excluding tert-OH is 1. The van der Waals surface area contributed by atoms with E-state index in [4.69, 9.17) is 9.52 Å². The van der Waals surface area contributed by atoms with E-state index in [1.165, 1.54) is 4.90 Å². The minimum atomic E-state index is -0.320. The fourth-order valence-corrected chi connectivity index (χ4v) is 2.25. The Morgan fingerprint density at radius 2 is 2.42 bits per heavy atom. The molecule has 0 aromatic carbocycles. The highest BCUT2D eigenvalue weighted by molar-refractivity contribution is 5.89. The number of likely N-dealkylation sites (tertiary alicyclic amines) is 1. The maximum atomic E-state index is 12.0. The molecule has 1 aliphatic rings.